The minimum absolute atomic E-state index is 0.0524. The smallest absolute Gasteiger partial charge is 0.230 e. The van der Waals surface area contributed by atoms with Gasteiger partial charge < -0.3 is 9.88 Å². The summed E-state index contributed by atoms with van der Waals surface area (Å²) in [4.78, 5) is 16.3. The standard InChI is InChI=1S/C19H21N5OS/c1-3-24-18(15-8-6-7-14(2)11-15)22-23-19(24)26-13-17(25)21-12-16-9-4-5-10-20-16/h4-11H,3,12-13H2,1-2H3,(H,21,25). The zero-order valence-corrected chi connectivity index (χ0v) is 15.7. The Morgan fingerprint density at radius 2 is 2.08 bits per heavy atom. The second kappa shape index (κ2) is 8.62. The molecule has 134 valence electrons. The lowest BCUT2D eigenvalue weighted by molar-refractivity contribution is -0.118. The number of aryl methyl sites for hydroxylation is 1. The van der Waals surface area contributed by atoms with Gasteiger partial charge in [0.25, 0.3) is 0 Å². The Balaban J connectivity index is 1.62. The first kappa shape index (κ1) is 18.1. The molecule has 1 N–H and O–H groups in total. The highest BCUT2D eigenvalue weighted by Crippen LogP contribution is 2.24. The van der Waals surface area contributed by atoms with Gasteiger partial charge in [0.15, 0.2) is 11.0 Å². The fourth-order valence-electron chi connectivity index (χ4n) is 2.55. The van der Waals surface area contributed by atoms with Crippen molar-refractivity contribution in [2.45, 2.75) is 32.1 Å². The van der Waals surface area contributed by atoms with Crippen LogP contribution in [0.2, 0.25) is 0 Å². The van der Waals surface area contributed by atoms with Gasteiger partial charge in [0, 0.05) is 18.3 Å². The second-order valence-electron chi connectivity index (χ2n) is 5.81. The molecule has 1 amide bonds. The number of pyridine rings is 1. The average molecular weight is 367 g/mol. The summed E-state index contributed by atoms with van der Waals surface area (Å²) in [7, 11) is 0. The first-order chi connectivity index (χ1) is 12.7. The van der Waals surface area contributed by atoms with Crippen LogP contribution < -0.4 is 5.32 Å². The molecule has 0 aliphatic carbocycles. The molecule has 0 spiro atoms. The molecule has 0 unspecified atom stereocenters. The van der Waals surface area contributed by atoms with Crippen molar-refractivity contribution in [3.05, 3.63) is 59.9 Å². The van der Waals surface area contributed by atoms with E-state index in [0.29, 0.717) is 12.3 Å². The predicted molar refractivity (Wildman–Crippen MR) is 103 cm³/mol. The van der Waals surface area contributed by atoms with Gasteiger partial charge in [-0.05, 0) is 32.0 Å². The van der Waals surface area contributed by atoms with Gasteiger partial charge in [0.05, 0.1) is 18.0 Å². The molecule has 1 aromatic carbocycles. The lowest BCUT2D eigenvalue weighted by Gasteiger charge is -2.08. The fourth-order valence-corrected chi connectivity index (χ4v) is 3.38. The largest absolute Gasteiger partial charge is 0.350 e. The Morgan fingerprint density at radius 1 is 1.19 bits per heavy atom. The van der Waals surface area contributed by atoms with Gasteiger partial charge in [0.1, 0.15) is 0 Å². The van der Waals surface area contributed by atoms with Gasteiger partial charge in [-0.25, -0.2) is 0 Å². The van der Waals surface area contributed by atoms with Crippen molar-refractivity contribution in [3.8, 4) is 11.4 Å². The quantitative estimate of drug-likeness (QED) is 0.650. The maximum absolute atomic E-state index is 12.1. The van der Waals surface area contributed by atoms with Crippen LogP contribution in [-0.4, -0.2) is 31.4 Å². The molecule has 0 bridgehead atoms. The SMILES string of the molecule is CCn1c(SCC(=O)NCc2ccccn2)nnc1-c1cccc(C)c1. The normalized spacial score (nSPS) is 10.7. The molecule has 0 aliphatic heterocycles. The minimum atomic E-state index is -0.0524. The molecule has 6 nitrogen and oxygen atoms in total. The summed E-state index contributed by atoms with van der Waals surface area (Å²) in [6, 6.07) is 13.8. The maximum atomic E-state index is 12.1. The Morgan fingerprint density at radius 3 is 2.81 bits per heavy atom. The number of hydrogen-bond donors (Lipinski definition) is 1. The molecule has 0 atom stereocenters. The number of carbonyl (C=O) groups excluding carboxylic acids is 1. The van der Waals surface area contributed by atoms with Crippen LogP contribution in [0.1, 0.15) is 18.2 Å². The van der Waals surface area contributed by atoms with Crippen molar-refractivity contribution in [3.63, 3.8) is 0 Å². The van der Waals surface area contributed by atoms with Crippen molar-refractivity contribution in [2.75, 3.05) is 5.75 Å². The highest BCUT2D eigenvalue weighted by atomic mass is 32.2. The van der Waals surface area contributed by atoms with E-state index < -0.39 is 0 Å². The maximum Gasteiger partial charge on any atom is 0.230 e. The Labute approximate surface area is 157 Å². The second-order valence-corrected chi connectivity index (χ2v) is 6.75. The molecule has 0 saturated heterocycles. The summed E-state index contributed by atoms with van der Waals surface area (Å²) < 4.78 is 2.03. The highest BCUT2D eigenvalue weighted by molar-refractivity contribution is 7.99. The summed E-state index contributed by atoms with van der Waals surface area (Å²) in [5.41, 5.74) is 3.05. The number of aromatic nitrogens is 4. The van der Waals surface area contributed by atoms with Gasteiger partial charge in [-0.15, -0.1) is 10.2 Å². The average Bonchev–Trinajstić information content (AvgIpc) is 3.08. The Hall–Kier alpha value is -2.67. The molecule has 0 radical (unpaired) electrons. The van der Waals surface area contributed by atoms with Gasteiger partial charge in [-0.2, -0.15) is 0 Å². The van der Waals surface area contributed by atoms with Crippen LogP contribution in [0, 0.1) is 6.92 Å². The van der Waals surface area contributed by atoms with E-state index in [2.05, 4.69) is 39.6 Å². The van der Waals surface area contributed by atoms with Crippen LogP contribution >= 0.6 is 11.8 Å². The number of benzene rings is 1. The molecule has 2 heterocycles. The monoisotopic (exact) mass is 367 g/mol. The zero-order chi connectivity index (χ0) is 18.4. The van der Waals surface area contributed by atoms with Crippen LogP contribution in [0.4, 0.5) is 0 Å². The summed E-state index contributed by atoms with van der Waals surface area (Å²) in [6.45, 7) is 5.27. The van der Waals surface area contributed by atoms with E-state index in [0.717, 1.165) is 28.8 Å². The molecule has 0 fully saturated rings. The van der Waals surface area contributed by atoms with Crippen molar-refractivity contribution < 1.29 is 4.79 Å². The summed E-state index contributed by atoms with van der Waals surface area (Å²) in [5.74, 6) is 1.06. The minimum Gasteiger partial charge on any atom is -0.350 e. The lowest BCUT2D eigenvalue weighted by atomic mass is 10.1. The van der Waals surface area contributed by atoms with Crippen molar-refractivity contribution in [1.82, 2.24) is 25.1 Å². The Bertz CT molecular complexity index is 879. The number of hydrogen-bond acceptors (Lipinski definition) is 5. The van der Waals surface area contributed by atoms with E-state index in [4.69, 9.17) is 0 Å². The molecule has 0 aliphatic rings. The van der Waals surface area contributed by atoms with Gasteiger partial charge in [-0.1, -0.05) is 41.6 Å². The molecule has 3 aromatic rings. The molecule has 0 saturated carbocycles. The third-order valence-electron chi connectivity index (χ3n) is 3.83. The third kappa shape index (κ3) is 4.49. The number of carbonyl (C=O) groups is 1. The van der Waals surface area contributed by atoms with Crippen LogP contribution in [0.5, 0.6) is 0 Å². The van der Waals surface area contributed by atoms with Crippen LogP contribution in [-0.2, 0) is 17.9 Å². The van der Waals surface area contributed by atoms with Gasteiger partial charge in [0.2, 0.25) is 5.91 Å². The first-order valence-electron chi connectivity index (χ1n) is 8.47. The van der Waals surface area contributed by atoms with Crippen molar-refractivity contribution >= 4 is 17.7 Å². The zero-order valence-electron chi connectivity index (χ0n) is 14.8. The van der Waals surface area contributed by atoms with E-state index in [-0.39, 0.29) is 5.91 Å². The van der Waals surface area contributed by atoms with E-state index >= 15 is 0 Å². The van der Waals surface area contributed by atoms with Crippen LogP contribution in [0.3, 0.4) is 0 Å². The van der Waals surface area contributed by atoms with Crippen molar-refractivity contribution in [1.29, 1.82) is 0 Å². The fraction of sp³-hybridized carbons (Fsp3) is 0.263. The van der Waals surface area contributed by atoms with Gasteiger partial charge >= 0.3 is 0 Å². The molecule has 2 aromatic heterocycles. The first-order valence-corrected chi connectivity index (χ1v) is 9.45. The van der Waals surface area contributed by atoms with E-state index in [1.54, 1.807) is 6.20 Å². The number of nitrogens with one attached hydrogen (secondary N) is 1. The van der Waals surface area contributed by atoms with Gasteiger partial charge in [-0.3, -0.25) is 9.78 Å². The molecule has 26 heavy (non-hydrogen) atoms. The van der Waals surface area contributed by atoms with E-state index in [1.807, 2.05) is 41.8 Å². The molecule has 3 rings (SSSR count). The summed E-state index contributed by atoms with van der Waals surface area (Å²) in [6.07, 6.45) is 1.72. The van der Waals surface area contributed by atoms with Crippen LogP contribution in [0.25, 0.3) is 11.4 Å². The highest BCUT2D eigenvalue weighted by Gasteiger charge is 2.14. The predicted octanol–water partition coefficient (Wildman–Crippen LogP) is 3.08. The molecular weight excluding hydrogens is 346 g/mol. The van der Waals surface area contributed by atoms with E-state index in [9.17, 15) is 4.79 Å². The van der Waals surface area contributed by atoms with Crippen molar-refractivity contribution in [2.24, 2.45) is 0 Å². The Kier molecular flexibility index (Phi) is 6.01. The van der Waals surface area contributed by atoms with Crippen LogP contribution in [0.15, 0.2) is 53.8 Å². The summed E-state index contributed by atoms with van der Waals surface area (Å²) in [5, 5.41) is 12.2. The number of amides is 1. The third-order valence-corrected chi connectivity index (χ3v) is 4.80. The topological polar surface area (TPSA) is 72.7 Å². The number of thioether (sulfide) groups is 1. The van der Waals surface area contributed by atoms with E-state index in [1.165, 1.54) is 17.3 Å². The number of rotatable bonds is 7. The summed E-state index contributed by atoms with van der Waals surface area (Å²) >= 11 is 1.39. The molecule has 7 heteroatoms. The lowest BCUT2D eigenvalue weighted by Crippen LogP contribution is -2.25. The molecular formula is C19H21N5OS. The number of nitrogens with zero attached hydrogens (tertiary/aromatic N) is 4.